The van der Waals surface area contributed by atoms with Gasteiger partial charge in [-0.2, -0.15) is 0 Å². The molecule has 0 aliphatic heterocycles. The lowest BCUT2D eigenvalue weighted by Crippen LogP contribution is -2.38. The van der Waals surface area contributed by atoms with Crippen LogP contribution in [0.25, 0.3) is 0 Å². The summed E-state index contributed by atoms with van der Waals surface area (Å²) in [5.41, 5.74) is 0.218. The minimum atomic E-state index is -0.474. The minimum Gasteiger partial charge on any atom is -0.507 e. The number of phenols is 1. The van der Waals surface area contributed by atoms with Crippen molar-refractivity contribution in [1.82, 2.24) is 4.90 Å². The Morgan fingerprint density at radius 2 is 1.76 bits per heavy atom. The third-order valence-electron chi connectivity index (χ3n) is 3.51. The number of hydrogen-bond donors (Lipinski definition) is 1. The number of unbranched alkanes of at least 4 members (excludes halogenated alkanes) is 2. The second-order valence-electron chi connectivity index (χ2n) is 5.26. The molecule has 0 aliphatic rings. The van der Waals surface area contributed by atoms with Crippen LogP contribution < -0.4 is 0 Å². The average molecular weight is 293 g/mol. The normalized spacial score (nSPS) is 12.4. The van der Waals surface area contributed by atoms with E-state index in [1.807, 2.05) is 6.92 Å². The number of rotatable bonds is 9. The Kier molecular flexibility index (Phi) is 7.83. The second kappa shape index (κ2) is 9.40. The molecule has 1 aromatic rings. The third-order valence-corrected chi connectivity index (χ3v) is 3.51. The molecular weight excluding hydrogens is 266 g/mol. The Labute approximate surface area is 127 Å². The summed E-state index contributed by atoms with van der Waals surface area (Å²) in [4.78, 5) is 14.3. The molecule has 0 amide bonds. The highest BCUT2D eigenvalue weighted by molar-refractivity contribution is 5.92. The maximum absolute atomic E-state index is 12.1. The predicted molar refractivity (Wildman–Crippen MR) is 84.4 cm³/mol. The molecule has 4 heteroatoms. The number of carbonyl (C=O) groups is 1. The van der Waals surface area contributed by atoms with Gasteiger partial charge in [-0.05, 0) is 31.9 Å². The Bertz CT molecular complexity index is 426. The summed E-state index contributed by atoms with van der Waals surface area (Å²) in [6, 6.07) is 6.47. The fourth-order valence-corrected chi connectivity index (χ4v) is 2.14. The molecule has 21 heavy (non-hydrogen) atoms. The molecule has 0 spiro atoms. The molecule has 0 aliphatic carbocycles. The van der Waals surface area contributed by atoms with Gasteiger partial charge in [0.1, 0.15) is 11.3 Å². The lowest BCUT2D eigenvalue weighted by molar-refractivity contribution is -0.0246. The number of hydrogen-bond acceptors (Lipinski definition) is 4. The first kappa shape index (κ1) is 17.5. The van der Waals surface area contributed by atoms with E-state index in [9.17, 15) is 9.90 Å². The number of esters is 1. The number of benzene rings is 1. The molecule has 0 fully saturated rings. The van der Waals surface area contributed by atoms with Gasteiger partial charge in [-0.3, -0.25) is 4.90 Å². The van der Waals surface area contributed by atoms with E-state index in [1.165, 1.54) is 6.07 Å². The van der Waals surface area contributed by atoms with Crippen molar-refractivity contribution in [2.24, 2.45) is 0 Å². The largest absolute Gasteiger partial charge is 0.507 e. The van der Waals surface area contributed by atoms with Crippen LogP contribution in [0.4, 0.5) is 0 Å². The van der Waals surface area contributed by atoms with Gasteiger partial charge < -0.3 is 9.84 Å². The van der Waals surface area contributed by atoms with Crippen molar-refractivity contribution in [3.8, 4) is 5.75 Å². The van der Waals surface area contributed by atoms with Crippen LogP contribution in [0.3, 0.4) is 0 Å². The van der Waals surface area contributed by atoms with Gasteiger partial charge in [0.25, 0.3) is 0 Å². The SMILES string of the molecule is CCCCN(CCCC)C(C)OC(=O)c1ccccc1O. The van der Waals surface area contributed by atoms with E-state index in [2.05, 4.69) is 18.7 Å². The highest BCUT2D eigenvalue weighted by Gasteiger charge is 2.19. The monoisotopic (exact) mass is 293 g/mol. The lowest BCUT2D eigenvalue weighted by Gasteiger charge is -2.28. The van der Waals surface area contributed by atoms with E-state index >= 15 is 0 Å². The molecule has 1 N–H and O–H groups in total. The van der Waals surface area contributed by atoms with Crippen molar-refractivity contribution in [3.63, 3.8) is 0 Å². The quantitative estimate of drug-likeness (QED) is 0.556. The summed E-state index contributed by atoms with van der Waals surface area (Å²) in [6.07, 6.45) is 4.12. The molecule has 0 radical (unpaired) electrons. The summed E-state index contributed by atoms with van der Waals surface area (Å²) >= 11 is 0. The average Bonchev–Trinajstić information content (AvgIpc) is 2.47. The van der Waals surface area contributed by atoms with Gasteiger partial charge in [-0.15, -0.1) is 0 Å². The number of para-hydroxylation sites is 1. The first-order valence-corrected chi connectivity index (χ1v) is 7.83. The molecule has 1 rings (SSSR count). The van der Waals surface area contributed by atoms with Gasteiger partial charge >= 0.3 is 5.97 Å². The summed E-state index contributed by atoms with van der Waals surface area (Å²) in [5.74, 6) is -0.512. The number of ether oxygens (including phenoxy) is 1. The molecule has 118 valence electrons. The van der Waals surface area contributed by atoms with Crippen LogP contribution in [-0.2, 0) is 4.74 Å². The maximum atomic E-state index is 12.1. The molecule has 0 saturated heterocycles. The van der Waals surface area contributed by atoms with Crippen molar-refractivity contribution in [3.05, 3.63) is 29.8 Å². The van der Waals surface area contributed by atoms with Gasteiger partial charge in [-0.1, -0.05) is 38.8 Å². The van der Waals surface area contributed by atoms with Gasteiger partial charge in [0.15, 0.2) is 6.23 Å². The third kappa shape index (κ3) is 5.76. The Hall–Kier alpha value is -1.55. The van der Waals surface area contributed by atoms with Gasteiger partial charge in [0, 0.05) is 13.1 Å². The summed E-state index contributed by atoms with van der Waals surface area (Å²) in [7, 11) is 0. The van der Waals surface area contributed by atoms with Crippen LogP contribution in [0, 0.1) is 0 Å². The van der Waals surface area contributed by atoms with Crippen LogP contribution >= 0.6 is 0 Å². The highest BCUT2D eigenvalue weighted by atomic mass is 16.6. The van der Waals surface area contributed by atoms with Crippen molar-refractivity contribution < 1.29 is 14.6 Å². The van der Waals surface area contributed by atoms with Crippen molar-refractivity contribution in [1.29, 1.82) is 0 Å². The van der Waals surface area contributed by atoms with Crippen LogP contribution in [0.1, 0.15) is 56.8 Å². The van der Waals surface area contributed by atoms with Crippen LogP contribution in [0.15, 0.2) is 24.3 Å². The zero-order chi connectivity index (χ0) is 15.7. The van der Waals surface area contributed by atoms with E-state index in [0.29, 0.717) is 0 Å². The fourth-order valence-electron chi connectivity index (χ4n) is 2.14. The van der Waals surface area contributed by atoms with Gasteiger partial charge in [0.2, 0.25) is 0 Å². The topological polar surface area (TPSA) is 49.8 Å². The minimum absolute atomic E-state index is 0.0385. The highest BCUT2D eigenvalue weighted by Crippen LogP contribution is 2.18. The summed E-state index contributed by atoms with van der Waals surface area (Å²) in [5, 5.41) is 9.70. The number of phenolic OH excluding ortho intramolecular Hbond substituents is 1. The lowest BCUT2D eigenvalue weighted by atomic mass is 10.2. The molecule has 1 atom stereocenters. The Morgan fingerprint density at radius 1 is 1.19 bits per heavy atom. The van der Waals surface area contributed by atoms with E-state index in [-0.39, 0.29) is 17.5 Å². The van der Waals surface area contributed by atoms with Crippen molar-refractivity contribution in [2.75, 3.05) is 13.1 Å². The molecule has 1 unspecified atom stereocenters. The van der Waals surface area contributed by atoms with Crippen LogP contribution in [0.5, 0.6) is 5.75 Å². The zero-order valence-electron chi connectivity index (χ0n) is 13.3. The van der Waals surface area contributed by atoms with Crippen LogP contribution in [-0.4, -0.2) is 35.3 Å². The van der Waals surface area contributed by atoms with Gasteiger partial charge in [0.05, 0.1) is 0 Å². The molecular formula is C17H27NO3. The number of carbonyl (C=O) groups excluding carboxylic acids is 1. The molecule has 1 aromatic carbocycles. The zero-order valence-corrected chi connectivity index (χ0v) is 13.3. The Balaban J connectivity index is 2.64. The molecule has 0 bridgehead atoms. The molecule has 0 saturated carbocycles. The van der Waals surface area contributed by atoms with Crippen LogP contribution in [0.2, 0.25) is 0 Å². The first-order chi connectivity index (χ1) is 10.1. The predicted octanol–water partition coefficient (Wildman–Crippen LogP) is 3.80. The van der Waals surface area contributed by atoms with E-state index in [4.69, 9.17) is 4.74 Å². The summed E-state index contributed by atoms with van der Waals surface area (Å²) < 4.78 is 5.50. The second-order valence-corrected chi connectivity index (χ2v) is 5.26. The molecule has 0 heterocycles. The maximum Gasteiger partial charge on any atom is 0.343 e. The summed E-state index contributed by atoms with van der Waals surface area (Å²) in [6.45, 7) is 8.04. The van der Waals surface area contributed by atoms with E-state index in [1.54, 1.807) is 18.2 Å². The number of nitrogens with zero attached hydrogens (tertiary/aromatic N) is 1. The first-order valence-electron chi connectivity index (χ1n) is 7.83. The molecule has 0 aromatic heterocycles. The standard InChI is InChI=1S/C17H27NO3/c1-4-6-12-18(13-7-5-2)14(3)21-17(20)15-10-8-9-11-16(15)19/h8-11,14,19H,4-7,12-13H2,1-3H3. The van der Waals surface area contributed by atoms with Gasteiger partial charge in [-0.25, -0.2) is 4.79 Å². The smallest absolute Gasteiger partial charge is 0.343 e. The van der Waals surface area contributed by atoms with Crippen molar-refractivity contribution >= 4 is 5.97 Å². The Morgan fingerprint density at radius 3 is 2.29 bits per heavy atom. The van der Waals surface area contributed by atoms with E-state index < -0.39 is 5.97 Å². The van der Waals surface area contributed by atoms with Crippen molar-refractivity contribution in [2.45, 2.75) is 52.7 Å². The number of aromatic hydroxyl groups is 1. The fraction of sp³-hybridized carbons (Fsp3) is 0.588. The van der Waals surface area contributed by atoms with E-state index in [0.717, 1.165) is 38.8 Å². The molecule has 4 nitrogen and oxygen atoms in total.